The van der Waals surface area contributed by atoms with E-state index in [1.807, 2.05) is 6.92 Å². The first-order chi connectivity index (χ1) is 8.63. The number of aromatic hydroxyl groups is 1. The summed E-state index contributed by atoms with van der Waals surface area (Å²) in [6.45, 7) is 1.92. The summed E-state index contributed by atoms with van der Waals surface area (Å²) >= 11 is 0. The van der Waals surface area contributed by atoms with Gasteiger partial charge in [0, 0.05) is 0 Å². The fraction of sp³-hybridized carbons (Fsp3) is 0.533. The molecule has 3 heteroatoms. The summed E-state index contributed by atoms with van der Waals surface area (Å²) in [6.07, 6.45) is 6.26. The van der Waals surface area contributed by atoms with Crippen molar-refractivity contribution in [3.8, 4) is 5.75 Å². The van der Waals surface area contributed by atoms with Gasteiger partial charge in [0.1, 0.15) is 5.75 Å². The highest BCUT2D eigenvalue weighted by molar-refractivity contribution is 5.90. The van der Waals surface area contributed by atoms with Crippen molar-refractivity contribution in [3.63, 3.8) is 0 Å². The Balaban J connectivity index is 2.43. The van der Waals surface area contributed by atoms with Crippen LogP contribution >= 0.6 is 0 Å². The van der Waals surface area contributed by atoms with Crippen molar-refractivity contribution in [2.75, 3.05) is 0 Å². The maximum Gasteiger partial charge on any atom is 0.335 e. The van der Waals surface area contributed by atoms with Crippen molar-refractivity contribution in [3.05, 3.63) is 28.8 Å². The number of rotatable bonds is 3. The fourth-order valence-corrected chi connectivity index (χ4v) is 2.87. The molecule has 0 aromatic heterocycles. The van der Waals surface area contributed by atoms with Crippen molar-refractivity contribution in [2.45, 2.75) is 51.4 Å². The van der Waals surface area contributed by atoms with Gasteiger partial charge in [-0.25, -0.2) is 4.79 Å². The molecular weight excluding hydrogens is 228 g/mol. The van der Waals surface area contributed by atoms with Crippen LogP contribution in [0, 0.1) is 0 Å². The molecule has 1 saturated carbocycles. The van der Waals surface area contributed by atoms with Gasteiger partial charge >= 0.3 is 5.97 Å². The molecule has 0 amide bonds. The normalized spacial score (nSPS) is 16.7. The number of aryl methyl sites for hydroxylation is 1. The van der Waals surface area contributed by atoms with Crippen molar-refractivity contribution in [1.29, 1.82) is 0 Å². The number of benzene rings is 1. The predicted octanol–water partition coefficient (Wildman–Crippen LogP) is 3.70. The summed E-state index contributed by atoms with van der Waals surface area (Å²) < 4.78 is 0. The lowest BCUT2D eigenvalue weighted by Gasteiger charge is -2.24. The van der Waals surface area contributed by atoms with Crippen LogP contribution < -0.4 is 0 Å². The Morgan fingerprint density at radius 3 is 2.50 bits per heavy atom. The molecule has 1 aromatic carbocycles. The Labute approximate surface area is 107 Å². The quantitative estimate of drug-likeness (QED) is 0.857. The van der Waals surface area contributed by atoms with Crippen LogP contribution in [0.1, 0.15) is 66.4 Å². The summed E-state index contributed by atoms with van der Waals surface area (Å²) in [5, 5.41) is 19.3. The fourth-order valence-electron chi connectivity index (χ4n) is 2.87. The van der Waals surface area contributed by atoms with Crippen LogP contribution in [0.15, 0.2) is 12.1 Å². The van der Waals surface area contributed by atoms with E-state index in [9.17, 15) is 15.0 Å². The number of hydrogen-bond acceptors (Lipinski definition) is 2. The molecule has 0 radical (unpaired) electrons. The molecule has 0 saturated heterocycles. The van der Waals surface area contributed by atoms with Gasteiger partial charge < -0.3 is 10.2 Å². The van der Waals surface area contributed by atoms with Gasteiger partial charge in [-0.2, -0.15) is 0 Å². The molecule has 1 aliphatic rings. The van der Waals surface area contributed by atoms with Crippen molar-refractivity contribution >= 4 is 5.97 Å². The predicted molar refractivity (Wildman–Crippen MR) is 70.3 cm³/mol. The van der Waals surface area contributed by atoms with E-state index in [4.69, 9.17) is 0 Å². The molecule has 18 heavy (non-hydrogen) atoms. The Morgan fingerprint density at radius 2 is 1.94 bits per heavy atom. The standard InChI is InChI=1S/C15H20O3/c1-2-10-8-13(15(17)18)12(9-14(10)16)11-6-4-3-5-7-11/h8-9,11,16H,2-7H2,1H3,(H,17,18). The molecule has 2 rings (SSSR count). The number of aromatic carboxylic acids is 1. The molecule has 1 aliphatic carbocycles. The van der Waals surface area contributed by atoms with Crippen molar-refractivity contribution in [2.24, 2.45) is 0 Å². The van der Waals surface area contributed by atoms with Crippen molar-refractivity contribution in [1.82, 2.24) is 0 Å². The third-order valence-electron chi connectivity index (χ3n) is 3.91. The molecule has 98 valence electrons. The molecule has 0 atom stereocenters. The van der Waals surface area contributed by atoms with Gasteiger partial charge in [-0.1, -0.05) is 26.2 Å². The number of hydrogen-bond donors (Lipinski definition) is 2. The van der Waals surface area contributed by atoms with Crippen LogP contribution in [0.4, 0.5) is 0 Å². The first-order valence-corrected chi connectivity index (χ1v) is 6.72. The topological polar surface area (TPSA) is 57.5 Å². The maximum absolute atomic E-state index is 11.4. The zero-order valence-electron chi connectivity index (χ0n) is 10.8. The van der Waals surface area contributed by atoms with E-state index in [1.165, 1.54) is 6.42 Å². The van der Waals surface area contributed by atoms with E-state index < -0.39 is 5.97 Å². The van der Waals surface area contributed by atoms with Gasteiger partial charge in [0.25, 0.3) is 0 Å². The first kappa shape index (κ1) is 12.9. The molecule has 2 N–H and O–H groups in total. The molecule has 0 spiro atoms. The van der Waals surface area contributed by atoms with E-state index in [-0.39, 0.29) is 5.75 Å². The lowest BCUT2D eigenvalue weighted by atomic mass is 9.81. The largest absolute Gasteiger partial charge is 0.508 e. The lowest BCUT2D eigenvalue weighted by Crippen LogP contribution is -2.11. The lowest BCUT2D eigenvalue weighted by molar-refractivity contribution is 0.0694. The molecule has 0 heterocycles. The van der Waals surface area contributed by atoms with E-state index in [1.54, 1.807) is 12.1 Å². The number of carbonyl (C=O) groups is 1. The number of carboxylic acid groups (broad SMARTS) is 1. The maximum atomic E-state index is 11.4. The van der Waals surface area contributed by atoms with Crippen LogP contribution in [-0.4, -0.2) is 16.2 Å². The van der Waals surface area contributed by atoms with Gasteiger partial charge in [-0.05, 0) is 48.4 Å². The molecule has 0 unspecified atom stereocenters. The third-order valence-corrected chi connectivity index (χ3v) is 3.91. The summed E-state index contributed by atoms with van der Waals surface area (Å²) in [5.74, 6) is -0.352. The van der Waals surface area contributed by atoms with E-state index >= 15 is 0 Å². The molecule has 1 fully saturated rings. The molecule has 0 bridgehead atoms. The van der Waals surface area contributed by atoms with E-state index in [0.717, 1.165) is 31.2 Å². The average Bonchev–Trinajstić information content (AvgIpc) is 2.39. The van der Waals surface area contributed by atoms with Crippen LogP contribution in [0.3, 0.4) is 0 Å². The molecule has 1 aromatic rings. The highest BCUT2D eigenvalue weighted by Gasteiger charge is 2.22. The average molecular weight is 248 g/mol. The van der Waals surface area contributed by atoms with Crippen LogP contribution in [0.2, 0.25) is 0 Å². The first-order valence-electron chi connectivity index (χ1n) is 6.72. The Morgan fingerprint density at radius 1 is 1.28 bits per heavy atom. The minimum atomic E-state index is -0.884. The zero-order chi connectivity index (χ0) is 13.1. The molecule has 3 nitrogen and oxygen atoms in total. The number of phenols is 1. The summed E-state index contributed by atoms with van der Waals surface area (Å²) in [4.78, 5) is 11.4. The minimum absolute atomic E-state index is 0.239. The molecule has 0 aliphatic heterocycles. The zero-order valence-corrected chi connectivity index (χ0v) is 10.8. The third kappa shape index (κ3) is 2.50. The summed E-state index contributed by atoms with van der Waals surface area (Å²) in [7, 11) is 0. The molecular formula is C15H20O3. The Bertz CT molecular complexity index is 445. The van der Waals surface area contributed by atoms with Crippen molar-refractivity contribution < 1.29 is 15.0 Å². The van der Waals surface area contributed by atoms with E-state index in [2.05, 4.69) is 0 Å². The SMILES string of the molecule is CCc1cc(C(=O)O)c(C2CCCCC2)cc1O. The second-order valence-electron chi connectivity index (χ2n) is 5.06. The summed E-state index contributed by atoms with van der Waals surface area (Å²) in [5.41, 5.74) is 1.90. The Hall–Kier alpha value is -1.51. The van der Waals surface area contributed by atoms with E-state index in [0.29, 0.717) is 23.5 Å². The van der Waals surface area contributed by atoms with Gasteiger partial charge in [-0.15, -0.1) is 0 Å². The monoisotopic (exact) mass is 248 g/mol. The highest BCUT2D eigenvalue weighted by atomic mass is 16.4. The van der Waals surface area contributed by atoms with Gasteiger partial charge in [0.2, 0.25) is 0 Å². The smallest absolute Gasteiger partial charge is 0.335 e. The second-order valence-corrected chi connectivity index (χ2v) is 5.06. The second kappa shape index (κ2) is 5.42. The highest BCUT2D eigenvalue weighted by Crippen LogP contribution is 2.37. The van der Waals surface area contributed by atoms with Gasteiger partial charge in [0.15, 0.2) is 0 Å². The van der Waals surface area contributed by atoms with Gasteiger partial charge in [0.05, 0.1) is 5.56 Å². The van der Waals surface area contributed by atoms with Crippen LogP contribution in [0.25, 0.3) is 0 Å². The minimum Gasteiger partial charge on any atom is -0.508 e. The van der Waals surface area contributed by atoms with Crippen LogP contribution in [-0.2, 0) is 6.42 Å². The Kier molecular flexibility index (Phi) is 3.90. The van der Waals surface area contributed by atoms with Crippen LogP contribution in [0.5, 0.6) is 5.75 Å². The summed E-state index contributed by atoms with van der Waals surface area (Å²) in [6, 6.07) is 3.32. The number of phenolic OH excluding ortho intramolecular Hbond substituents is 1. The van der Waals surface area contributed by atoms with Gasteiger partial charge in [-0.3, -0.25) is 0 Å². The number of carboxylic acids is 1.